The first-order valence-corrected chi connectivity index (χ1v) is 8.12. The highest BCUT2D eigenvalue weighted by atomic mass is 16.5. The summed E-state index contributed by atoms with van der Waals surface area (Å²) in [6.45, 7) is 5.55. The number of hydrogen-bond acceptors (Lipinski definition) is 3. The molecule has 0 spiro atoms. The second kappa shape index (κ2) is 7.83. The molecule has 0 radical (unpaired) electrons. The summed E-state index contributed by atoms with van der Waals surface area (Å²) in [6.07, 6.45) is 0.266. The van der Waals surface area contributed by atoms with Gasteiger partial charge in [0.15, 0.2) is 0 Å². The van der Waals surface area contributed by atoms with E-state index in [4.69, 9.17) is 4.74 Å². The summed E-state index contributed by atoms with van der Waals surface area (Å²) in [5.74, 6) is 0.560. The average Bonchev–Trinajstić information content (AvgIpc) is 2.55. The Morgan fingerprint density at radius 1 is 0.960 bits per heavy atom. The van der Waals surface area contributed by atoms with Gasteiger partial charge in [-0.25, -0.2) is 0 Å². The largest absolute Gasteiger partial charge is 0.497 e. The van der Waals surface area contributed by atoms with Gasteiger partial charge in [-0.1, -0.05) is 39.0 Å². The van der Waals surface area contributed by atoms with Crippen LogP contribution in [0.15, 0.2) is 48.5 Å². The second-order valence-corrected chi connectivity index (χ2v) is 6.86. The fourth-order valence-electron chi connectivity index (χ4n) is 2.13. The Labute approximate surface area is 148 Å². The summed E-state index contributed by atoms with van der Waals surface area (Å²) in [4.78, 5) is 24.3. The molecule has 0 saturated carbocycles. The minimum absolute atomic E-state index is 0.0748. The van der Waals surface area contributed by atoms with Gasteiger partial charge in [-0.2, -0.15) is 0 Å². The van der Waals surface area contributed by atoms with Crippen molar-refractivity contribution >= 4 is 23.2 Å². The molecular weight excluding hydrogens is 316 g/mol. The molecule has 2 rings (SSSR count). The number of hydrogen-bond donors (Lipinski definition) is 2. The van der Waals surface area contributed by atoms with E-state index in [2.05, 4.69) is 10.6 Å². The highest BCUT2D eigenvalue weighted by Crippen LogP contribution is 2.20. The third kappa shape index (κ3) is 5.64. The molecule has 25 heavy (non-hydrogen) atoms. The summed E-state index contributed by atoms with van der Waals surface area (Å²) in [5, 5.41) is 5.70. The van der Waals surface area contributed by atoms with Crippen molar-refractivity contribution in [1.82, 2.24) is 0 Å². The van der Waals surface area contributed by atoms with Crippen LogP contribution in [-0.4, -0.2) is 18.9 Å². The summed E-state index contributed by atoms with van der Waals surface area (Å²) in [7, 11) is 1.60. The van der Waals surface area contributed by atoms with E-state index in [0.29, 0.717) is 11.4 Å². The monoisotopic (exact) mass is 340 g/mol. The van der Waals surface area contributed by atoms with Gasteiger partial charge < -0.3 is 15.4 Å². The molecule has 132 valence electrons. The van der Waals surface area contributed by atoms with Crippen molar-refractivity contribution in [3.05, 3.63) is 54.1 Å². The van der Waals surface area contributed by atoms with Crippen molar-refractivity contribution < 1.29 is 14.3 Å². The normalized spacial score (nSPS) is 10.9. The first-order valence-electron chi connectivity index (χ1n) is 8.12. The summed E-state index contributed by atoms with van der Waals surface area (Å²) in [6, 6.07) is 14.5. The van der Waals surface area contributed by atoms with Crippen LogP contribution in [0.2, 0.25) is 0 Å². The van der Waals surface area contributed by atoms with Crippen LogP contribution in [0, 0.1) is 5.41 Å². The second-order valence-electron chi connectivity index (χ2n) is 6.86. The van der Waals surface area contributed by atoms with Crippen LogP contribution in [0.5, 0.6) is 5.75 Å². The van der Waals surface area contributed by atoms with E-state index in [1.54, 1.807) is 31.4 Å². The molecule has 0 aliphatic rings. The number of nitrogens with one attached hydrogen (secondary N) is 2. The number of rotatable bonds is 5. The van der Waals surface area contributed by atoms with Crippen LogP contribution in [0.3, 0.4) is 0 Å². The molecule has 5 heteroatoms. The Kier molecular flexibility index (Phi) is 5.80. The van der Waals surface area contributed by atoms with Crippen molar-refractivity contribution in [2.75, 3.05) is 17.7 Å². The van der Waals surface area contributed by atoms with Gasteiger partial charge in [0.1, 0.15) is 5.75 Å². The number of benzene rings is 2. The predicted octanol–water partition coefficient (Wildman–Crippen LogP) is 3.86. The van der Waals surface area contributed by atoms with Crippen LogP contribution in [0.25, 0.3) is 0 Å². The number of carbonyl (C=O) groups excluding carboxylic acids is 2. The smallest absolute Gasteiger partial charge is 0.229 e. The highest BCUT2D eigenvalue weighted by Gasteiger charge is 2.21. The van der Waals surface area contributed by atoms with Crippen LogP contribution < -0.4 is 15.4 Å². The molecule has 0 heterocycles. The Hall–Kier alpha value is -2.82. The van der Waals surface area contributed by atoms with Gasteiger partial charge in [0.05, 0.1) is 13.5 Å². The van der Waals surface area contributed by atoms with Gasteiger partial charge in [0.2, 0.25) is 11.8 Å². The first kappa shape index (κ1) is 18.5. The SMILES string of the molecule is COc1ccc(CC(=O)Nc2cccc(NC(=O)C(C)(C)C)c2)cc1. The van der Waals surface area contributed by atoms with Crippen molar-refractivity contribution in [2.45, 2.75) is 27.2 Å². The Bertz CT molecular complexity index is 746. The van der Waals surface area contributed by atoms with Crippen LogP contribution >= 0.6 is 0 Å². The van der Waals surface area contributed by atoms with Gasteiger partial charge in [-0.3, -0.25) is 9.59 Å². The van der Waals surface area contributed by atoms with Crippen molar-refractivity contribution in [2.24, 2.45) is 5.41 Å². The lowest BCUT2D eigenvalue weighted by atomic mass is 9.95. The molecule has 0 atom stereocenters. The summed E-state index contributed by atoms with van der Waals surface area (Å²) in [5.41, 5.74) is 1.72. The number of ether oxygens (including phenoxy) is 1. The molecule has 2 aromatic carbocycles. The molecule has 0 unspecified atom stereocenters. The maximum atomic E-state index is 12.2. The number of methoxy groups -OCH3 is 1. The van der Waals surface area contributed by atoms with Crippen LogP contribution in [0.1, 0.15) is 26.3 Å². The van der Waals surface area contributed by atoms with Gasteiger partial charge in [0.25, 0.3) is 0 Å². The van der Waals surface area contributed by atoms with Crippen molar-refractivity contribution in [1.29, 1.82) is 0 Å². The zero-order valence-electron chi connectivity index (χ0n) is 15.1. The zero-order valence-corrected chi connectivity index (χ0v) is 15.1. The van der Waals surface area contributed by atoms with Crippen LogP contribution in [-0.2, 0) is 16.0 Å². The standard InChI is InChI=1S/C20H24N2O3/c1-20(2,3)19(24)22-16-7-5-6-15(13-16)21-18(23)12-14-8-10-17(25-4)11-9-14/h5-11,13H,12H2,1-4H3,(H,21,23)(H,22,24). The van der Waals surface area contributed by atoms with E-state index in [9.17, 15) is 9.59 Å². The lowest BCUT2D eigenvalue weighted by molar-refractivity contribution is -0.123. The Balaban J connectivity index is 1.98. The average molecular weight is 340 g/mol. The quantitative estimate of drug-likeness (QED) is 0.868. The van der Waals surface area contributed by atoms with E-state index in [1.807, 2.05) is 45.0 Å². The lowest BCUT2D eigenvalue weighted by Crippen LogP contribution is -2.27. The molecule has 0 bridgehead atoms. The van der Waals surface area contributed by atoms with E-state index in [1.165, 1.54) is 0 Å². The van der Waals surface area contributed by atoms with Gasteiger partial charge in [0, 0.05) is 16.8 Å². The summed E-state index contributed by atoms with van der Waals surface area (Å²) >= 11 is 0. The van der Waals surface area contributed by atoms with E-state index in [-0.39, 0.29) is 18.2 Å². The van der Waals surface area contributed by atoms with Gasteiger partial charge in [-0.15, -0.1) is 0 Å². The molecule has 0 aliphatic heterocycles. The Morgan fingerprint density at radius 2 is 1.56 bits per heavy atom. The molecule has 2 aromatic rings. The fourth-order valence-corrected chi connectivity index (χ4v) is 2.13. The van der Waals surface area contributed by atoms with Crippen molar-refractivity contribution in [3.63, 3.8) is 0 Å². The topological polar surface area (TPSA) is 67.4 Å². The van der Waals surface area contributed by atoms with E-state index >= 15 is 0 Å². The minimum Gasteiger partial charge on any atom is -0.497 e. The molecule has 0 aromatic heterocycles. The van der Waals surface area contributed by atoms with Gasteiger partial charge >= 0.3 is 0 Å². The first-order chi connectivity index (χ1) is 11.8. The lowest BCUT2D eigenvalue weighted by Gasteiger charge is -2.18. The van der Waals surface area contributed by atoms with E-state index < -0.39 is 5.41 Å². The molecule has 2 N–H and O–H groups in total. The summed E-state index contributed by atoms with van der Waals surface area (Å²) < 4.78 is 5.10. The van der Waals surface area contributed by atoms with Crippen molar-refractivity contribution in [3.8, 4) is 5.75 Å². The molecule has 0 saturated heterocycles. The Morgan fingerprint density at radius 3 is 2.12 bits per heavy atom. The molecule has 0 aliphatic carbocycles. The zero-order chi connectivity index (χ0) is 18.4. The molecule has 0 fully saturated rings. The molecular formula is C20H24N2O3. The number of amides is 2. The predicted molar refractivity (Wildman–Crippen MR) is 99.9 cm³/mol. The number of anilines is 2. The maximum absolute atomic E-state index is 12.2. The highest BCUT2D eigenvalue weighted by molar-refractivity contribution is 5.96. The van der Waals surface area contributed by atoms with Crippen LogP contribution in [0.4, 0.5) is 11.4 Å². The van der Waals surface area contributed by atoms with Gasteiger partial charge in [-0.05, 0) is 35.9 Å². The third-order valence-electron chi connectivity index (χ3n) is 3.61. The molecule has 2 amide bonds. The minimum atomic E-state index is -0.479. The van der Waals surface area contributed by atoms with E-state index in [0.717, 1.165) is 11.3 Å². The molecule has 5 nitrogen and oxygen atoms in total. The maximum Gasteiger partial charge on any atom is 0.229 e. The fraction of sp³-hybridized carbons (Fsp3) is 0.300. The third-order valence-corrected chi connectivity index (χ3v) is 3.61. The number of carbonyl (C=O) groups is 2.